The highest BCUT2D eigenvalue weighted by molar-refractivity contribution is 5.08. The number of piperidine rings is 1. The van der Waals surface area contributed by atoms with Crippen LogP contribution in [0.4, 0.5) is 0 Å². The summed E-state index contributed by atoms with van der Waals surface area (Å²) < 4.78 is 6.64. The van der Waals surface area contributed by atoms with Gasteiger partial charge in [0.15, 0.2) is 0 Å². The second-order valence-electron chi connectivity index (χ2n) is 4.75. The van der Waals surface area contributed by atoms with Crippen molar-refractivity contribution in [1.29, 1.82) is 0 Å². The van der Waals surface area contributed by atoms with E-state index in [-0.39, 0.29) is 5.92 Å². The SMILES string of the molecule is O=c1oc(C2CCNCC2)nn1Cc1cccnc1. The molecular formula is C13H16N4O2. The third-order valence-corrected chi connectivity index (χ3v) is 3.37. The number of hydrogen-bond acceptors (Lipinski definition) is 5. The van der Waals surface area contributed by atoms with Crippen molar-refractivity contribution in [1.82, 2.24) is 20.1 Å². The minimum Gasteiger partial charge on any atom is -0.392 e. The predicted molar refractivity (Wildman–Crippen MR) is 68.9 cm³/mol. The van der Waals surface area contributed by atoms with Gasteiger partial charge in [0, 0.05) is 18.3 Å². The van der Waals surface area contributed by atoms with E-state index in [1.807, 2.05) is 12.1 Å². The van der Waals surface area contributed by atoms with Gasteiger partial charge in [-0.05, 0) is 37.6 Å². The quantitative estimate of drug-likeness (QED) is 0.881. The van der Waals surface area contributed by atoms with Gasteiger partial charge in [-0.1, -0.05) is 6.07 Å². The molecule has 6 heteroatoms. The summed E-state index contributed by atoms with van der Waals surface area (Å²) >= 11 is 0. The van der Waals surface area contributed by atoms with Gasteiger partial charge >= 0.3 is 5.76 Å². The van der Waals surface area contributed by atoms with Gasteiger partial charge in [-0.25, -0.2) is 4.79 Å². The highest BCUT2D eigenvalue weighted by atomic mass is 16.4. The van der Waals surface area contributed by atoms with Crippen molar-refractivity contribution in [3.63, 3.8) is 0 Å². The summed E-state index contributed by atoms with van der Waals surface area (Å²) in [5.41, 5.74) is 0.940. The van der Waals surface area contributed by atoms with Crippen molar-refractivity contribution >= 4 is 0 Å². The van der Waals surface area contributed by atoms with Crippen LogP contribution >= 0.6 is 0 Å². The van der Waals surface area contributed by atoms with Crippen LogP contribution < -0.4 is 11.1 Å². The number of nitrogens with one attached hydrogen (secondary N) is 1. The summed E-state index contributed by atoms with van der Waals surface area (Å²) in [4.78, 5) is 15.8. The van der Waals surface area contributed by atoms with Crippen LogP contribution in [0.25, 0.3) is 0 Å². The Kier molecular flexibility index (Phi) is 3.41. The molecule has 1 saturated heterocycles. The normalized spacial score (nSPS) is 16.6. The lowest BCUT2D eigenvalue weighted by molar-refractivity contribution is 0.362. The maximum Gasteiger partial charge on any atom is 0.437 e. The molecule has 0 saturated carbocycles. The lowest BCUT2D eigenvalue weighted by atomic mass is 9.98. The zero-order chi connectivity index (χ0) is 13.1. The van der Waals surface area contributed by atoms with Crippen molar-refractivity contribution in [2.45, 2.75) is 25.3 Å². The molecule has 0 unspecified atom stereocenters. The second kappa shape index (κ2) is 5.36. The first-order valence-electron chi connectivity index (χ1n) is 6.50. The molecule has 2 aromatic heterocycles. The van der Waals surface area contributed by atoms with Gasteiger partial charge in [-0.2, -0.15) is 4.68 Å². The fourth-order valence-electron chi connectivity index (χ4n) is 2.32. The maximum atomic E-state index is 11.8. The van der Waals surface area contributed by atoms with E-state index in [4.69, 9.17) is 4.42 Å². The highest BCUT2D eigenvalue weighted by Crippen LogP contribution is 2.22. The molecule has 2 aromatic rings. The first-order chi connectivity index (χ1) is 9.33. The molecule has 100 valence electrons. The molecule has 0 atom stereocenters. The average Bonchev–Trinajstić information content (AvgIpc) is 2.82. The zero-order valence-corrected chi connectivity index (χ0v) is 10.6. The third kappa shape index (κ3) is 2.73. The molecule has 1 aliphatic rings. The topological polar surface area (TPSA) is 73.0 Å². The van der Waals surface area contributed by atoms with Crippen LogP contribution in [0, 0.1) is 0 Å². The number of nitrogens with zero attached hydrogens (tertiary/aromatic N) is 3. The summed E-state index contributed by atoms with van der Waals surface area (Å²) in [5, 5.41) is 7.59. The van der Waals surface area contributed by atoms with Crippen LogP contribution in [-0.2, 0) is 6.54 Å². The van der Waals surface area contributed by atoms with Crippen molar-refractivity contribution in [2.75, 3.05) is 13.1 Å². The fourth-order valence-corrected chi connectivity index (χ4v) is 2.32. The average molecular weight is 260 g/mol. The van der Waals surface area contributed by atoms with E-state index in [1.165, 1.54) is 4.68 Å². The molecule has 6 nitrogen and oxygen atoms in total. The van der Waals surface area contributed by atoms with Gasteiger partial charge in [0.2, 0.25) is 5.89 Å². The molecule has 0 bridgehead atoms. The first kappa shape index (κ1) is 12.1. The molecule has 1 aliphatic heterocycles. The summed E-state index contributed by atoms with van der Waals surface area (Å²) in [7, 11) is 0. The Labute approximate surface area is 110 Å². The summed E-state index contributed by atoms with van der Waals surface area (Å²) in [6.45, 7) is 2.30. The molecule has 1 N–H and O–H groups in total. The van der Waals surface area contributed by atoms with Crippen LogP contribution in [0.15, 0.2) is 33.7 Å². The lowest BCUT2D eigenvalue weighted by Crippen LogP contribution is -2.26. The van der Waals surface area contributed by atoms with E-state index < -0.39 is 5.76 Å². The second-order valence-corrected chi connectivity index (χ2v) is 4.75. The maximum absolute atomic E-state index is 11.8. The predicted octanol–water partition coefficient (Wildman–Crippen LogP) is 0.747. The van der Waals surface area contributed by atoms with Crippen molar-refractivity contribution in [3.05, 3.63) is 46.5 Å². The van der Waals surface area contributed by atoms with Gasteiger partial charge in [0.25, 0.3) is 0 Å². The Balaban J connectivity index is 1.79. The van der Waals surface area contributed by atoms with E-state index in [0.717, 1.165) is 31.5 Å². The molecule has 0 amide bonds. The summed E-state index contributed by atoms with van der Waals surface area (Å²) in [5.74, 6) is 0.428. The van der Waals surface area contributed by atoms with E-state index in [2.05, 4.69) is 15.4 Å². The van der Waals surface area contributed by atoms with Crippen LogP contribution in [0.2, 0.25) is 0 Å². The Hall–Kier alpha value is -1.95. The number of aromatic nitrogens is 3. The zero-order valence-electron chi connectivity index (χ0n) is 10.6. The molecule has 19 heavy (non-hydrogen) atoms. The number of pyridine rings is 1. The highest BCUT2D eigenvalue weighted by Gasteiger charge is 2.21. The van der Waals surface area contributed by atoms with Crippen LogP contribution in [0.5, 0.6) is 0 Å². The van der Waals surface area contributed by atoms with Gasteiger partial charge < -0.3 is 9.73 Å². The van der Waals surface area contributed by atoms with Gasteiger partial charge in [0.1, 0.15) is 0 Å². The van der Waals surface area contributed by atoms with Crippen LogP contribution in [0.1, 0.15) is 30.2 Å². The van der Waals surface area contributed by atoms with Gasteiger partial charge in [-0.15, -0.1) is 5.10 Å². The fraction of sp³-hybridized carbons (Fsp3) is 0.462. The largest absolute Gasteiger partial charge is 0.437 e. The van der Waals surface area contributed by atoms with Crippen molar-refractivity contribution < 1.29 is 4.42 Å². The Morgan fingerprint density at radius 2 is 2.26 bits per heavy atom. The Morgan fingerprint density at radius 3 is 3.00 bits per heavy atom. The van der Waals surface area contributed by atoms with Gasteiger partial charge in [0.05, 0.1) is 6.54 Å². The summed E-state index contributed by atoms with van der Waals surface area (Å²) in [6, 6.07) is 3.76. The van der Waals surface area contributed by atoms with E-state index >= 15 is 0 Å². The molecule has 1 fully saturated rings. The summed E-state index contributed by atoms with van der Waals surface area (Å²) in [6.07, 6.45) is 5.36. The Morgan fingerprint density at radius 1 is 1.42 bits per heavy atom. The minimum atomic E-state index is -0.391. The molecular weight excluding hydrogens is 244 g/mol. The molecule has 0 radical (unpaired) electrons. The standard InChI is InChI=1S/C13H16N4O2/c18-13-17(9-10-2-1-5-15-8-10)16-12(19-13)11-3-6-14-7-4-11/h1-2,5,8,11,14H,3-4,6-7,9H2. The Bertz CT molecular complexity index is 584. The van der Waals surface area contributed by atoms with E-state index in [9.17, 15) is 4.79 Å². The molecule has 0 aliphatic carbocycles. The number of rotatable bonds is 3. The lowest BCUT2D eigenvalue weighted by Gasteiger charge is -2.18. The molecule has 0 aromatic carbocycles. The van der Waals surface area contributed by atoms with Crippen molar-refractivity contribution in [3.8, 4) is 0 Å². The third-order valence-electron chi connectivity index (χ3n) is 3.37. The molecule has 3 heterocycles. The smallest absolute Gasteiger partial charge is 0.392 e. The first-order valence-corrected chi connectivity index (χ1v) is 6.50. The van der Waals surface area contributed by atoms with E-state index in [1.54, 1.807) is 12.4 Å². The monoisotopic (exact) mass is 260 g/mol. The molecule has 3 rings (SSSR count). The van der Waals surface area contributed by atoms with Crippen molar-refractivity contribution in [2.24, 2.45) is 0 Å². The molecule has 0 spiro atoms. The van der Waals surface area contributed by atoms with Gasteiger partial charge in [-0.3, -0.25) is 4.98 Å². The number of hydrogen-bond donors (Lipinski definition) is 1. The van der Waals surface area contributed by atoms with Crippen LogP contribution in [0.3, 0.4) is 0 Å². The van der Waals surface area contributed by atoms with Crippen LogP contribution in [-0.4, -0.2) is 27.9 Å². The minimum absolute atomic E-state index is 0.254. The van der Waals surface area contributed by atoms with E-state index in [0.29, 0.717) is 12.4 Å².